The number of nitrogens with zero attached hydrogens (tertiary/aromatic N) is 1. The highest BCUT2D eigenvalue weighted by atomic mass is 35.5. The third-order valence-electron chi connectivity index (χ3n) is 2.58. The molecule has 2 rings (SSSR count). The van der Waals surface area contributed by atoms with Crippen molar-refractivity contribution in [3.05, 3.63) is 39.3 Å². The lowest BCUT2D eigenvalue weighted by Gasteiger charge is -2.19. The van der Waals surface area contributed by atoms with Gasteiger partial charge < -0.3 is 15.6 Å². The number of amides is 1. The Balaban J connectivity index is 2.11. The van der Waals surface area contributed by atoms with Crippen LogP contribution in [-0.2, 0) is 6.54 Å². The Bertz CT molecular complexity index is 549. The van der Waals surface area contributed by atoms with Crippen LogP contribution < -0.4 is 5.73 Å². The van der Waals surface area contributed by atoms with Crippen LogP contribution in [0.1, 0.15) is 22.3 Å². The highest BCUT2D eigenvalue weighted by Gasteiger charge is 2.16. The SMILES string of the molecule is CCN(Cc1ccc(Cl)s1)C(=O)c1cc(N)c[nH]1. The van der Waals surface area contributed by atoms with Crippen LogP contribution >= 0.6 is 22.9 Å². The summed E-state index contributed by atoms with van der Waals surface area (Å²) in [4.78, 5) is 17.9. The molecule has 0 aliphatic heterocycles. The Hall–Kier alpha value is -1.46. The number of aromatic amines is 1. The fourth-order valence-corrected chi connectivity index (χ4v) is 2.76. The van der Waals surface area contributed by atoms with Crippen molar-refractivity contribution in [2.75, 3.05) is 12.3 Å². The zero-order valence-electron chi connectivity index (χ0n) is 9.94. The molecule has 0 bridgehead atoms. The van der Waals surface area contributed by atoms with Gasteiger partial charge in [0.15, 0.2) is 0 Å². The molecule has 96 valence electrons. The van der Waals surface area contributed by atoms with E-state index in [1.807, 2.05) is 19.1 Å². The molecule has 18 heavy (non-hydrogen) atoms. The minimum absolute atomic E-state index is 0.0567. The minimum Gasteiger partial charge on any atom is -0.397 e. The van der Waals surface area contributed by atoms with Gasteiger partial charge in [0.2, 0.25) is 0 Å². The van der Waals surface area contributed by atoms with E-state index in [1.165, 1.54) is 11.3 Å². The number of anilines is 1. The van der Waals surface area contributed by atoms with E-state index in [9.17, 15) is 4.79 Å². The van der Waals surface area contributed by atoms with Crippen molar-refractivity contribution in [1.82, 2.24) is 9.88 Å². The molecule has 2 aromatic rings. The van der Waals surface area contributed by atoms with Gasteiger partial charge in [-0.3, -0.25) is 4.79 Å². The van der Waals surface area contributed by atoms with E-state index in [2.05, 4.69) is 4.98 Å². The molecule has 0 atom stereocenters. The standard InChI is InChI=1S/C12H14ClN3OS/c1-2-16(7-9-3-4-11(13)18-9)12(17)10-5-8(14)6-15-10/h3-6,15H,2,7,14H2,1H3. The maximum absolute atomic E-state index is 12.2. The zero-order valence-corrected chi connectivity index (χ0v) is 11.5. The molecule has 0 aliphatic carbocycles. The van der Waals surface area contributed by atoms with Crippen LogP contribution in [0.5, 0.6) is 0 Å². The van der Waals surface area contributed by atoms with Crippen LogP contribution in [0.15, 0.2) is 24.4 Å². The molecular formula is C12H14ClN3OS. The number of carbonyl (C=O) groups excluding carboxylic acids is 1. The lowest BCUT2D eigenvalue weighted by atomic mass is 10.3. The van der Waals surface area contributed by atoms with Gasteiger partial charge in [0.1, 0.15) is 5.69 Å². The number of hydrogen-bond acceptors (Lipinski definition) is 3. The molecule has 1 amide bonds. The molecular weight excluding hydrogens is 270 g/mol. The number of aromatic nitrogens is 1. The fourth-order valence-electron chi connectivity index (χ4n) is 1.66. The topological polar surface area (TPSA) is 62.1 Å². The first-order valence-electron chi connectivity index (χ1n) is 5.57. The summed E-state index contributed by atoms with van der Waals surface area (Å²) < 4.78 is 0.734. The lowest BCUT2D eigenvalue weighted by molar-refractivity contribution is 0.0749. The quantitative estimate of drug-likeness (QED) is 0.906. The second-order valence-corrected chi connectivity index (χ2v) is 5.67. The van der Waals surface area contributed by atoms with E-state index in [0.29, 0.717) is 24.5 Å². The molecule has 0 fully saturated rings. The minimum atomic E-state index is -0.0567. The number of thiophene rings is 1. The van der Waals surface area contributed by atoms with E-state index in [4.69, 9.17) is 17.3 Å². The lowest BCUT2D eigenvalue weighted by Crippen LogP contribution is -2.30. The van der Waals surface area contributed by atoms with Gasteiger partial charge in [-0.05, 0) is 25.1 Å². The Kier molecular flexibility index (Phi) is 3.93. The van der Waals surface area contributed by atoms with Gasteiger partial charge >= 0.3 is 0 Å². The fraction of sp³-hybridized carbons (Fsp3) is 0.250. The van der Waals surface area contributed by atoms with E-state index in [1.54, 1.807) is 17.2 Å². The van der Waals surface area contributed by atoms with Gasteiger partial charge in [-0.1, -0.05) is 11.6 Å². The van der Waals surface area contributed by atoms with Gasteiger partial charge in [0.05, 0.1) is 10.9 Å². The van der Waals surface area contributed by atoms with E-state index in [-0.39, 0.29) is 5.91 Å². The molecule has 0 saturated carbocycles. The number of nitrogens with one attached hydrogen (secondary N) is 1. The number of halogens is 1. The second-order valence-electron chi connectivity index (χ2n) is 3.87. The van der Waals surface area contributed by atoms with Crippen molar-refractivity contribution in [1.29, 1.82) is 0 Å². The average Bonchev–Trinajstić information content (AvgIpc) is 2.94. The van der Waals surface area contributed by atoms with Crippen LogP contribution in [0.4, 0.5) is 5.69 Å². The van der Waals surface area contributed by atoms with Gasteiger partial charge in [0.25, 0.3) is 5.91 Å². The van der Waals surface area contributed by atoms with Gasteiger partial charge in [0, 0.05) is 23.3 Å². The number of hydrogen-bond donors (Lipinski definition) is 2. The summed E-state index contributed by atoms with van der Waals surface area (Å²) in [6, 6.07) is 5.42. The van der Waals surface area contributed by atoms with E-state index in [0.717, 1.165) is 9.21 Å². The van der Waals surface area contributed by atoms with Gasteiger partial charge in [-0.25, -0.2) is 0 Å². The number of nitrogens with two attached hydrogens (primary N) is 1. The first-order valence-corrected chi connectivity index (χ1v) is 6.77. The maximum atomic E-state index is 12.2. The number of carbonyl (C=O) groups is 1. The summed E-state index contributed by atoms with van der Waals surface area (Å²) >= 11 is 7.37. The van der Waals surface area contributed by atoms with E-state index < -0.39 is 0 Å². The Morgan fingerprint density at radius 2 is 2.33 bits per heavy atom. The van der Waals surface area contributed by atoms with Crippen molar-refractivity contribution in [2.24, 2.45) is 0 Å². The van der Waals surface area contributed by atoms with Crippen molar-refractivity contribution in [2.45, 2.75) is 13.5 Å². The van der Waals surface area contributed by atoms with Crippen LogP contribution in [-0.4, -0.2) is 22.3 Å². The zero-order chi connectivity index (χ0) is 13.1. The third kappa shape index (κ3) is 2.86. The van der Waals surface area contributed by atoms with Gasteiger partial charge in [-0.2, -0.15) is 0 Å². The summed E-state index contributed by atoms with van der Waals surface area (Å²) in [5, 5.41) is 0. The second kappa shape index (κ2) is 5.46. The van der Waals surface area contributed by atoms with E-state index >= 15 is 0 Å². The Morgan fingerprint density at radius 1 is 1.56 bits per heavy atom. The first-order chi connectivity index (χ1) is 8.60. The first kappa shape index (κ1) is 13.0. The molecule has 6 heteroatoms. The largest absolute Gasteiger partial charge is 0.397 e. The summed E-state index contributed by atoms with van der Waals surface area (Å²) in [6.07, 6.45) is 1.61. The molecule has 2 heterocycles. The van der Waals surface area contributed by atoms with Crippen LogP contribution in [0.2, 0.25) is 4.34 Å². The normalized spacial score (nSPS) is 10.6. The Labute approximate surface area is 114 Å². The third-order valence-corrected chi connectivity index (χ3v) is 3.80. The van der Waals surface area contributed by atoms with Crippen LogP contribution in [0.3, 0.4) is 0 Å². The molecule has 0 radical (unpaired) electrons. The van der Waals surface area contributed by atoms with Crippen molar-refractivity contribution in [3.8, 4) is 0 Å². The molecule has 3 N–H and O–H groups in total. The highest BCUT2D eigenvalue weighted by molar-refractivity contribution is 7.16. The predicted molar refractivity (Wildman–Crippen MR) is 74.9 cm³/mol. The molecule has 2 aromatic heterocycles. The predicted octanol–water partition coefficient (Wildman–Crippen LogP) is 2.97. The highest BCUT2D eigenvalue weighted by Crippen LogP contribution is 2.23. The molecule has 0 aliphatic rings. The van der Waals surface area contributed by atoms with Crippen LogP contribution in [0, 0.1) is 0 Å². The molecule has 4 nitrogen and oxygen atoms in total. The summed E-state index contributed by atoms with van der Waals surface area (Å²) in [6.45, 7) is 3.14. The smallest absolute Gasteiger partial charge is 0.270 e. The molecule has 0 unspecified atom stereocenters. The maximum Gasteiger partial charge on any atom is 0.270 e. The van der Waals surface area contributed by atoms with Crippen molar-refractivity contribution in [3.63, 3.8) is 0 Å². The number of nitrogen functional groups attached to an aromatic ring is 1. The van der Waals surface area contributed by atoms with Crippen molar-refractivity contribution >= 4 is 34.5 Å². The molecule has 0 saturated heterocycles. The van der Waals surface area contributed by atoms with Crippen LogP contribution in [0.25, 0.3) is 0 Å². The summed E-state index contributed by atoms with van der Waals surface area (Å²) in [7, 11) is 0. The Morgan fingerprint density at radius 3 is 2.83 bits per heavy atom. The summed E-state index contributed by atoms with van der Waals surface area (Å²) in [5.74, 6) is -0.0567. The number of H-pyrrole nitrogens is 1. The molecule has 0 aromatic carbocycles. The average molecular weight is 284 g/mol. The van der Waals surface area contributed by atoms with Gasteiger partial charge in [-0.15, -0.1) is 11.3 Å². The van der Waals surface area contributed by atoms with Crippen molar-refractivity contribution < 1.29 is 4.79 Å². The molecule has 0 spiro atoms. The summed E-state index contributed by atoms with van der Waals surface area (Å²) in [5.41, 5.74) is 6.67. The number of rotatable bonds is 4. The monoisotopic (exact) mass is 283 g/mol.